The Labute approximate surface area is 138 Å². The molecular formula is C14H17Cl2N3OS. The number of carbonyl (C=O) groups excluding carboxylic acids is 1. The highest BCUT2D eigenvalue weighted by molar-refractivity contribution is 7.10. The van der Waals surface area contributed by atoms with E-state index in [1.54, 1.807) is 16.0 Å². The number of nitrogens with zero attached hydrogens (tertiary/aromatic N) is 2. The monoisotopic (exact) mass is 345 g/mol. The Morgan fingerprint density at radius 3 is 2.81 bits per heavy atom. The second kappa shape index (κ2) is 7.29. The van der Waals surface area contributed by atoms with Gasteiger partial charge in [0.1, 0.15) is 10.2 Å². The number of halogens is 2. The fourth-order valence-corrected chi connectivity index (χ4v) is 3.11. The van der Waals surface area contributed by atoms with Gasteiger partial charge in [-0.15, -0.1) is 11.3 Å². The number of aromatic nitrogens is 2. The van der Waals surface area contributed by atoms with E-state index >= 15 is 0 Å². The van der Waals surface area contributed by atoms with Crippen molar-refractivity contribution in [3.63, 3.8) is 0 Å². The molecule has 0 aromatic carbocycles. The van der Waals surface area contributed by atoms with E-state index in [0.717, 1.165) is 24.1 Å². The quantitative estimate of drug-likeness (QED) is 0.806. The lowest BCUT2D eigenvalue weighted by Gasteiger charge is -2.05. The maximum atomic E-state index is 11.9. The molecule has 0 saturated heterocycles. The Kier molecular flexibility index (Phi) is 5.67. The minimum absolute atomic E-state index is 0.0354. The largest absolute Gasteiger partial charge is 0.352 e. The van der Waals surface area contributed by atoms with E-state index in [0.29, 0.717) is 23.3 Å². The molecule has 0 aliphatic rings. The Balaban J connectivity index is 1.79. The number of amides is 1. The first-order valence-electron chi connectivity index (χ1n) is 6.77. The van der Waals surface area contributed by atoms with Crippen molar-refractivity contribution in [1.82, 2.24) is 15.1 Å². The minimum atomic E-state index is -0.0354. The summed E-state index contributed by atoms with van der Waals surface area (Å²) < 4.78 is 1.66. The molecule has 0 atom stereocenters. The average molecular weight is 346 g/mol. The van der Waals surface area contributed by atoms with Gasteiger partial charge in [0.25, 0.3) is 5.91 Å². The molecule has 0 unspecified atom stereocenters. The average Bonchev–Trinajstić information content (AvgIpc) is 3.05. The topological polar surface area (TPSA) is 46.9 Å². The number of thiophene rings is 1. The summed E-state index contributed by atoms with van der Waals surface area (Å²) in [6.07, 6.45) is 1.70. The first-order chi connectivity index (χ1) is 10.0. The summed E-state index contributed by atoms with van der Waals surface area (Å²) in [7, 11) is 0. The Morgan fingerprint density at radius 1 is 1.48 bits per heavy atom. The number of nitrogens with one attached hydrogen (secondary N) is 1. The van der Waals surface area contributed by atoms with Crippen molar-refractivity contribution in [2.45, 2.75) is 33.2 Å². The Morgan fingerprint density at radius 2 is 2.24 bits per heavy atom. The summed E-state index contributed by atoms with van der Waals surface area (Å²) in [5, 5.41) is 9.97. The van der Waals surface area contributed by atoms with Gasteiger partial charge in [-0.05, 0) is 25.8 Å². The number of hydrogen-bond donors (Lipinski definition) is 1. The molecule has 0 fully saturated rings. The van der Waals surface area contributed by atoms with Gasteiger partial charge in [0, 0.05) is 23.3 Å². The Hall–Kier alpha value is -1.04. The number of hydrogen-bond acceptors (Lipinski definition) is 3. The number of aryl methyl sites for hydroxylation is 3. The van der Waals surface area contributed by atoms with Crippen LogP contribution in [0.25, 0.3) is 0 Å². The van der Waals surface area contributed by atoms with Crippen LogP contribution in [-0.4, -0.2) is 22.2 Å². The molecule has 1 amide bonds. The van der Waals surface area contributed by atoms with E-state index in [-0.39, 0.29) is 5.91 Å². The molecule has 114 valence electrons. The molecule has 0 bridgehead atoms. The lowest BCUT2D eigenvalue weighted by atomic mass is 10.2. The van der Waals surface area contributed by atoms with Crippen molar-refractivity contribution >= 4 is 40.4 Å². The van der Waals surface area contributed by atoms with Gasteiger partial charge in [-0.3, -0.25) is 9.48 Å². The molecule has 2 aromatic rings. The molecule has 1 N–H and O–H groups in total. The highest BCUT2D eigenvalue weighted by Crippen LogP contribution is 2.24. The van der Waals surface area contributed by atoms with Gasteiger partial charge >= 0.3 is 0 Å². The van der Waals surface area contributed by atoms with Crippen molar-refractivity contribution in [3.8, 4) is 0 Å². The molecule has 0 radical (unpaired) electrons. The number of carbonyl (C=O) groups is 1. The number of rotatable bonds is 6. The molecule has 2 heterocycles. The second-order valence-electron chi connectivity index (χ2n) is 4.68. The van der Waals surface area contributed by atoms with Crippen LogP contribution in [0.5, 0.6) is 0 Å². The molecule has 2 aromatic heterocycles. The van der Waals surface area contributed by atoms with E-state index in [9.17, 15) is 4.79 Å². The zero-order valence-corrected chi connectivity index (χ0v) is 14.3. The fraction of sp³-hybridized carbons (Fsp3) is 0.429. The summed E-state index contributed by atoms with van der Waals surface area (Å²) in [6, 6.07) is 1.94. The zero-order valence-electron chi connectivity index (χ0n) is 11.9. The third-order valence-electron chi connectivity index (χ3n) is 3.09. The highest BCUT2D eigenvalue weighted by atomic mass is 35.5. The first kappa shape index (κ1) is 16.3. The molecular weight excluding hydrogens is 329 g/mol. The predicted octanol–water partition coefficient (Wildman–Crippen LogP) is 3.94. The maximum Gasteiger partial charge on any atom is 0.252 e. The summed E-state index contributed by atoms with van der Waals surface area (Å²) in [5.41, 5.74) is 1.45. The minimum Gasteiger partial charge on any atom is -0.352 e. The van der Waals surface area contributed by atoms with Gasteiger partial charge in [0.15, 0.2) is 0 Å². The predicted molar refractivity (Wildman–Crippen MR) is 87.6 cm³/mol. The second-order valence-corrected chi connectivity index (χ2v) is 6.41. The molecule has 0 saturated carbocycles. The van der Waals surface area contributed by atoms with Crippen LogP contribution in [0.4, 0.5) is 0 Å². The first-order valence-corrected chi connectivity index (χ1v) is 8.40. The van der Waals surface area contributed by atoms with Crippen LogP contribution < -0.4 is 5.32 Å². The van der Waals surface area contributed by atoms with Gasteiger partial charge in [-0.25, -0.2) is 0 Å². The third-order valence-corrected chi connectivity index (χ3v) is 5.11. The van der Waals surface area contributed by atoms with Crippen LogP contribution in [0.15, 0.2) is 11.4 Å². The van der Waals surface area contributed by atoms with E-state index in [1.807, 2.05) is 18.4 Å². The van der Waals surface area contributed by atoms with Gasteiger partial charge in [-0.2, -0.15) is 5.10 Å². The van der Waals surface area contributed by atoms with Crippen molar-refractivity contribution in [3.05, 3.63) is 37.8 Å². The highest BCUT2D eigenvalue weighted by Gasteiger charge is 2.11. The lowest BCUT2D eigenvalue weighted by molar-refractivity contribution is 0.0953. The molecule has 7 heteroatoms. The van der Waals surface area contributed by atoms with Crippen molar-refractivity contribution in [2.75, 3.05) is 6.54 Å². The van der Waals surface area contributed by atoms with Crippen molar-refractivity contribution < 1.29 is 4.79 Å². The van der Waals surface area contributed by atoms with Crippen LogP contribution in [0, 0.1) is 6.92 Å². The van der Waals surface area contributed by atoms with E-state index < -0.39 is 0 Å². The molecule has 0 aliphatic heterocycles. The molecule has 2 rings (SSSR count). The van der Waals surface area contributed by atoms with Gasteiger partial charge in [-0.1, -0.05) is 30.1 Å². The summed E-state index contributed by atoms with van der Waals surface area (Å²) in [6.45, 7) is 5.09. The van der Waals surface area contributed by atoms with E-state index in [1.165, 1.54) is 4.88 Å². The summed E-state index contributed by atoms with van der Waals surface area (Å²) in [5.74, 6) is -0.0354. The van der Waals surface area contributed by atoms with Crippen LogP contribution in [0.1, 0.15) is 34.3 Å². The molecule has 0 aliphatic carbocycles. The van der Waals surface area contributed by atoms with Crippen LogP contribution in [0.3, 0.4) is 0 Å². The third kappa shape index (κ3) is 3.99. The van der Waals surface area contributed by atoms with Crippen molar-refractivity contribution in [1.29, 1.82) is 0 Å². The molecule has 21 heavy (non-hydrogen) atoms. The van der Waals surface area contributed by atoms with Gasteiger partial charge in [0.05, 0.1) is 11.3 Å². The van der Waals surface area contributed by atoms with Crippen LogP contribution >= 0.6 is 34.5 Å². The maximum absolute atomic E-state index is 11.9. The SMILES string of the molecule is CCc1cc(C(=O)NCCCn2nc(C)c(Cl)c2Cl)cs1. The van der Waals surface area contributed by atoms with Crippen LogP contribution in [-0.2, 0) is 13.0 Å². The smallest absolute Gasteiger partial charge is 0.252 e. The normalized spacial score (nSPS) is 10.9. The van der Waals surface area contributed by atoms with Gasteiger partial charge < -0.3 is 5.32 Å². The summed E-state index contributed by atoms with van der Waals surface area (Å²) >= 11 is 13.6. The molecule has 4 nitrogen and oxygen atoms in total. The summed E-state index contributed by atoms with van der Waals surface area (Å²) in [4.78, 5) is 13.2. The molecule has 0 spiro atoms. The lowest BCUT2D eigenvalue weighted by Crippen LogP contribution is -2.25. The van der Waals surface area contributed by atoms with Crippen molar-refractivity contribution in [2.24, 2.45) is 0 Å². The standard InChI is InChI=1S/C14H17Cl2N3OS/c1-3-11-7-10(8-21-11)14(20)17-5-4-6-19-13(16)12(15)9(2)18-19/h7-8H,3-6H2,1-2H3,(H,17,20). The van der Waals surface area contributed by atoms with Crippen LogP contribution in [0.2, 0.25) is 10.2 Å². The Bertz CT molecular complexity index is 636. The van der Waals surface area contributed by atoms with Gasteiger partial charge in [0.2, 0.25) is 0 Å². The zero-order chi connectivity index (χ0) is 15.4. The van der Waals surface area contributed by atoms with E-state index in [2.05, 4.69) is 17.3 Å². The van der Waals surface area contributed by atoms with E-state index in [4.69, 9.17) is 23.2 Å². The fourth-order valence-electron chi connectivity index (χ4n) is 1.90.